The lowest BCUT2D eigenvalue weighted by atomic mass is 9.59. The molecule has 0 amide bonds. The molecule has 1 N–H and O–H groups in total. The molecule has 1 aromatic carbocycles. The molecule has 1 aliphatic carbocycles. The van der Waals surface area contributed by atoms with Crippen LogP contribution >= 0.6 is 0 Å². The smallest absolute Gasteiger partial charge is 0.328 e. The van der Waals surface area contributed by atoms with Crippen molar-refractivity contribution >= 4 is 11.5 Å². The second-order valence-corrected chi connectivity index (χ2v) is 9.07. The fourth-order valence-corrected chi connectivity index (χ4v) is 3.99. The van der Waals surface area contributed by atoms with E-state index in [1.807, 2.05) is 18.2 Å². The molecule has 0 radical (unpaired) electrons. The average molecular weight is 353 g/mol. The molecule has 0 unspecified atom stereocenters. The van der Waals surface area contributed by atoms with Gasteiger partial charge in [0.15, 0.2) is 0 Å². The van der Waals surface area contributed by atoms with Crippen LogP contribution in [0.25, 0.3) is 5.57 Å². The van der Waals surface area contributed by atoms with Crippen molar-refractivity contribution in [3.05, 3.63) is 64.8 Å². The number of rotatable bonds is 4. The van der Waals surface area contributed by atoms with Gasteiger partial charge in [0.1, 0.15) is 0 Å². The van der Waals surface area contributed by atoms with Gasteiger partial charge in [-0.25, -0.2) is 4.79 Å². The van der Waals surface area contributed by atoms with Crippen LogP contribution in [0, 0.1) is 5.41 Å². The molecular weight excluding hydrogens is 320 g/mol. The van der Waals surface area contributed by atoms with Gasteiger partial charge >= 0.3 is 5.97 Å². The monoisotopic (exact) mass is 352 g/mol. The van der Waals surface area contributed by atoms with Crippen molar-refractivity contribution in [1.82, 2.24) is 0 Å². The van der Waals surface area contributed by atoms with Gasteiger partial charge in [-0.15, -0.1) is 0 Å². The third kappa shape index (κ3) is 3.18. The number of allylic oxidation sites excluding steroid dienone is 5. The maximum atomic E-state index is 10.7. The molecule has 0 spiro atoms. The predicted molar refractivity (Wildman–Crippen MR) is 110 cm³/mol. The Hall–Kier alpha value is -2.09. The number of carboxylic acid groups (broad SMARTS) is 1. The van der Waals surface area contributed by atoms with Crippen LogP contribution in [0.2, 0.25) is 0 Å². The van der Waals surface area contributed by atoms with Crippen molar-refractivity contribution < 1.29 is 9.90 Å². The van der Waals surface area contributed by atoms with E-state index in [-0.39, 0.29) is 16.2 Å². The largest absolute Gasteiger partial charge is 0.478 e. The Kier molecular flexibility index (Phi) is 5.11. The molecule has 2 rings (SSSR count). The average Bonchev–Trinajstić information content (AvgIpc) is 2.62. The Balaban J connectivity index is 2.40. The van der Waals surface area contributed by atoms with Gasteiger partial charge in [0.05, 0.1) is 0 Å². The van der Waals surface area contributed by atoms with Crippen LogP contribution in [-0.4, -0.2) is 11.1 Å². The Morgan fingerprint density at radius 1 is 0.962 bits per heavy atom. The molecule has 26 heavy (non-hydrogen) atoms. The summed E-state index contributed by atoms with van der Waals surface area (Å²) in [6, 6.07) is 6.83. The van der Waals surface area contributed by atoms with Gasteiger partial charge in [-0.05, 0) is 57.9 Å². The molecule has 0 bridgehead atoms. The highest BCUT2D eigenvalue weighted by molar-refractivity contribution is 5.81. The molecule has 1 aromatic rings. The first-order chi connectivity index (χ1) is 11.8. The van der Waals surface area contributed by atoms with E-state index in [4.69, 9.17) is 5.11 Å². The molecule has 2 nitrogen and oxygen atoms in total. The zero-order chi connectivity index (χ0) is 19.9. The lowest BCUT2D eigenvalue weighted by molar-refractivity contribution is -0.131. The van der Waals surface area contributed by atoms with E-state index in [2.05, 4.69) is 66.7 Å². The zero-order valence-corrected chi connectivity index (χ0v) is 17.4. The summed E-state index contributed by atoms with van der Waals surface area (Å²) in [4.78, 5) is 10.7. The molecule has 0 aliphatic heterocycles. The Labute approximate surface area is 158 Å². The maximum absolute atomic E-state index is 10.7. The highest BCUT2D eigenvalue weighted by Gasteiger charge is 2.56. The highest BCUT2D eigenvalue weighted by Crippen LogP contribution is 2.61. The predicted octanol–water partition coefficient (Wildman–Crippen LogP) is 6.27. The van der Waals surface area contributed by atoms with Crippen LogP contribution in [0.1, 0.15) is 72.1 Å². The number of fused-ring (bicyclic) bond motifs is 1. The van der Waals surface area contributed by atoms with Gasteiger partial charge < -0.3 is 5.11 Å². The van der Waals surface area contributed by atoms with Crippen LogP contribution in [-0.2, 0) is 15.6 Å². The van der Waals surface area contributed by atoms with Crippen LogP contribution in [0.4, 0.5) is 0 Å². The zero-order valence-electron chi connectivity index (χ0n) is 17.4. The minimum Gasteiger partial charge on any atom is -0.478 e. The van der Waals surface area contributed by atoms with Crippen molar-refractivity contribution in [2.24, 2.45) is 5.41 Å². The number of hydrogen-bond acceptors (Lipinski definition) is 1. The van der Waals surface area contributed by atoms with E-state index in [0.717, 1.165) is 5.57 Å². The molecule has 1 aliphatic rings. The highest BCUT2D eigenvalue weighted by atomic mass is 16.4. The maximum Gasteiger partial charge on any atom is 0.328 e. The molecule has 0 aromatic heterocycles. The van der Waals surface area contributed by atoms with Gasteiger partial charge in [-0.1, -0.05) is 78.0 Å². The number of benzene rings is 1. The first kappa shape index (κ1) is 20.2. The lowest BCUT2D eigenvalue weighted by Gasteiger charge is -2.44. The van der Waals surface area contributed by atoms with E-state index >= 15 is 0 Å². The van der Waals surface area contributed by atoms with Gasteiger partial charge in [-0.2, -0.15) is 0 Å². The summed E-state index contributed by atoms with van der Waals surface area (Å²) in [5.41, 5.74) is 6.38. The van der Waals surface area contributed by atoms with Crippen molar-refractivity contribution in [1.29, 1.82) is 0 Å². The normalized spacial score (nSPS) is 21.1. The van der Waals surface area contributed by atoms with Crippen LogP contribution in [0.3, 0.4) is 0 Å². The summed E-state index contributed by atoms with van der Waals surface area (Å²) in [5, 5.41) is 8.77. The Morgan fingerprint density at radius 3 is 2.12 bits per heavy atom. The summed E-state index contributed by atoms with van der Waals surface area (Å²) in [6.45, 7) is 18.0. The summed E-state index contributed by atoms with van der Waals surface area (Å²) in [6.07, 6.45) is 6.98. The van der Waals surface area contributed by atoms with Crippen LogP contribution < -0.4 is 0 Å². The Bertz CT molecular complexity index is 815. The molecule has 140 valence electrons. The third-order valence-electron chi connectivity index (χ3n) is 7.00. The fraction of sp³-hybridized carbons (Fsp3) is 0.458. The number of hydrogen-bond donors (Lipinski definition) is 1. The molecule has 0 fully saturated rings. The second-order valence-electron chi connectivity index (χ2n) is 9.07. The molecule has 2 heteroatoms. The van der Waals surface area contributed by atoms with E-state index in [0.29, 0.717) is 0 Å². The number of carboxylic acids is 1. The second kappa shape index (κ2) is 6.57. The standard InChI is InChI=1S/C24H32O2/c1-16(14-21(25)26)10-9-11-17(2)18-12-13-19-20(15-18)23(5,6)24(7,8)22(19,3)4/h9-15H,1-8H3,(H,25,26)/b10-9-,16-14+,17-11+. The van der Waals surface area contributed by atoms with Crippen molar-refractivity contribution in [3.63, 3.8) is 0 Å². The van der Waals surface area contributed by atoms with Gasteiger partial charge in [0.2, 0.25) is 0 Å². The molecule has 0 heterocycles. The SMILES string of the molecule is CC(/C=C\C=C(/C)c1ccc2c(c1)C(C)(C)C(C)(C)C2(C)C)=C\C(=O)O. The van der Waals surface area contributed by atoms with E-state index in [9.17, 15) is 4.79 Å². The first-order valence-electron chi connectivity index (χ1n) is 9.24. The van der Waals surface area contributed by atoms with Gasteiger partial charge in [-0.3, -0.25) is 0 Å². The first-order valence-corrected chi connectivity index (χ1v) is 9.24. The van der Waals surface area contributed by atoms with Crippen molar-refractivity contribution in [2.75, 3.05) is 0 Å². The van der Waals surface area contributed by atoms with Crippen molar-refractivity contribution in [2.45, 2.75) is 66.2 Å². The van der Waals surface area contributed by atoms with E-state index in [1.54, 1.807) is 6.92 Å². The van der Waals surface area contributed by atoms with Crippen LogP contribution in [0.5, 0.6) is 0 Å². The quantitative estimate of drug-likeness (QED) is 0.512. The lowest BCUT2D eigenvalue weighted by Crippen LogP contribution is -2.42. The Morgan fingerprint density at radius 2 is 1.54 bits per heavy atom. The van der Waals surface area contributed by atoms with Crippen LogP contribution in [0.15, 0.2) is 48.1 Å². The summed E-state index contributed by atoms with van der Waals surface area (Å²) in [7, 11) is 0. The topological polar surface area (TPSA) is 37.3 Å². The van der Waals surface area contributed by atoms with E-state index < -0.39 is 5.97 Å². The number of aliphatic carboxylic acids is 1. The fourth-order valence-electron chi connectivity index (χ4n) is 3.99. The van der Waals surface area contributed by atoms with Crippen molar-refractivity contribution in [3.8, 4) is 0 Å². The third-order valence-corrected chi connectivity index (χ3v) is 7.00. The summed E-state index contributed by atoms with van der Waals surface area (Å²) < 4.78 is 0. The van der Waals surface area contributed by atoms with E-state index in [1.165, 1.54) is 28.3 Å². The number of carbonyl (C=O) groups is 1. The summed E-state index contributed by atoms with van der Waals surface area (Å²) >= 11 is 0. The molecule has 0 saturated heterocycles. The minimum atomic E-state index is -0.918. The van der Waals surface area contributed by atoms with Gasteiger partial charge in [0, 0.05) is 6.08 Å². The molecule has 0 saturated carbocycles. The molecular formula is C24H32O2. The molecule has 0 atom stereocenters. The summed E-state index contributed by atoms with van der Waals surface area (Å²) in [5.74, 6) is -0.918. The minimum absolute atomic E-state index is 0.0960. The van der Waals surface area contributed by atoms with Gasteiger partial charge in [0.25, 0.3) is 0 Å².